The highest BCUT2D eigenvalue weighted by Gasteiger charge is 2.13. The largest absolute Gasteiger partial charge is 0.496 e. The summed E-state index contributed by atoms with van der Waals surface area (Å²) in [7, 11) is 1.66. The van der Waals surface area contributed by atoms with Crippen LogP contribution in [0.25, 0.3) is 0 Å². The molecule has 0 bridgehead atoms. The van der Waals surface area contributed by atoms with Crippen LogP contribution in [0.15, 0.2) is 27.1 Å². The average molecular weight is 417 g/mol. The molecule has 114 valence electrons. The molecule has 21 heavy (non-hydrogen) atoms. The first-order valence-electron chi connectivity index (χ1n) is 6.92. The maximum atomic E-state index is 5.24. The SMILES string of the molecule is CCc1nn(CC)c(CNc2ccc(OC)c(Br)c2)c1Br. The third kappa shape index (κ3) is 3.61. The fraction of sp³-hybridized carbons (Fsp3) is 0.400. The van der Waals surface area contributed by atoms with E-state index in [0.29, 0.717) is 0 Å². The van der Waals surface area contributed by atoms with Crippen molar-refractivity contribution in [1.29, 1.82) is 0 Å². The third-order valence-electron chi connectivity index (χ3n) is 3.31. The fourth-order valence-corrected chi connectivity index (χ4v) is 3.39. The molecule has 4 nitrogen and oxygen atoms in total. The van der Waals surface area contributed by atoms with Gasteiger partial charge in [-0.05, 0) is 63.4 Å². The van der Waals surface area contributed by atoms with Crippen LogP contribution in [0.3, 0.4) is 0 Å². The Morgan fingerprint density at radius 3 is 2.62 bits per heavy atom. The lowest BCUT2D eigenvalue weighted by molar-refractivity contribution is 0.412. The van der Waals surface area contributed by atoms with Crippen molar-refractivity contribution in [3.8, 4) is 5.75 Å². The molecule has 1 aromatic carbocycles. The molecule has 0 saturated heterocycles. The predicted octanol–water partition coefficient (Wildman–Crippen LogP) is 4.61. The Balaban J connectivity index is 2.16. The number of aryl methyl sites for hydroxylation is 2. The zero-order valence-electron chi connectivity index (χ0n) is 12.4. The molecular formula is C15H19Br2N3O. The van der Waals surface area contributed by atoms with Crippen molar-refractivity contribution in [3.05, 3.63) is 38.5 Å². The second-order valence-corrected chi connectivity index (χ2v) is 6.23. The van der Waals surface area contributed by atoms with E-state index in [0.717, 1.165) is 45.6 Å². The van der Waals surface area contributed by atoms with Gasteiger partial charge in [0.25, 0.3) is 0 Å². The maximum absolute atomic E-state index is 5.24. The number of hydrogen-bond donors (Lipinski definition) is 1. The van der Waals surface area contributed by atoms with Crippen molar-refractivity contribution in [2.75, 3.05) is 12.4 Å². The first-order chi connectivity index (χ1) is 10.1. The molecule has 0 radical (unpaired) electrons. The van der Waals surface area contributed by atoms with Crippen molar-refractivity contribution < 1.29 is 4.74 Å². The Morgan fingerprint density at radius 1 is 1.29 bits per heavy atom. The van der Waals surface area contributed by atoms with Gasteiger partial charge in [-0.3, -0.25) is 4.68 Å². The fourth-order valence-electron chi connectivity index (χ4n) is 2.15. The summed E-state index contributed by atoms with van der Waals surface area (Å²) in [5.41, 5.74) is 3.31. The van der Waals surface area contributed by atoms with E-state index in [4.69, 9.17) is 4.74 Å². The van der Waals surface area contributed by atoms with Crippen molar-refractivity contribution in [3.63, 3.8) is 0 Å². The summed E-state index contributed by atoms with van der Waals surface area (Å²) in [6, 6.07) is 5.96. The molecule has 6 heteroatoms. The van der Waals surface area contributed by atoms with Gasteiger partial charge in [0.2, 0.25) is 0 Å². The molecule has 1 heterocycles. The minimum Gasteiger partial charge on any atom is -0.496 e. The van der Waals surface area contributed by atoms with Gasteiger partial charge in [0, 0.05) is 12.2 Å². The standard InChI is InChI=1S/C15H19Br2N3O/c1-4-12-15(17)13(20(5-2)19-12)9-18-10-6-7-14(21-3)11(16)8-10/h6-8,18H,4-5,9H2,1-3H3. The minimum atomic E-state index is 0.722. The number of rotatable bonds is 6. The summed E-state index contributed by atoms with van der Waals surface area (Å²) >= 11 is 7.16. The quantitative estimate of drug-likeness (QED) is 0.747. The Hall–Kier alpha value is -1.01. The van der Waals surface area contributed by atoms with Crippen molar-refractivity contribution >= 4 is 37.5 Å². The van der Waals surface area contributed by atoms with Crippen molar-refractivity contribution in [2.24, 2.45) is 0 Å². The smallest absolute Gasteiger partial charge is 0.133 e. The molecule has 0 aliphatic heterocycles. The lowest BCUT2D eigenvalue weighted by Crippen LogP contribution is -2.08. The van der Waals surface area contributed by atoms with Gasteiger partial charge in [0.15, 0.2) is 0 Å². The molecule has 0 amide bonds. The van der Waals surface area contributed by atoms with Gasteiger partial charge in [-0.25, -0.2) is 0 Å². The Kier molecular flexibility index (Phi) is 5.70. The molecule has 1 aromatic heterocycles. The van der Waals surface area contributed by atoms with Gasteiger partial charge in [-0.2, -0.15) is 5.10 Å². The molecule has 0 aliphatic rings. The molecule has 0 spiro atoms. The van der Waals surface area contributed by atoms with E-state index in [1.165, 1.54) is 5.69 Å². The normalized spacial score (nSPS) is 10.7. The van der Waals surface area contributed by atoms with Gasteiger partial charge in [0.1, 0.15) is 5.75 Å². The Labute approximate surface area is 142 Å². The van der Waals surface area contributed by atoms with Crippen LogP contribution in [-0.2, 0) is 19.5 Å². The van der Waals surface area contributed by atoms with E-state index < -0.39 is 0 Å². The van der Waals surface area contributed by atoms with Gasteiger partial charge in [-0.15, -0.1) is 0 Å². The number of anilines is 1. The number of methoxy groups -OCH3 is 1. The van der Waals surface area contributed by atoms with Crippen molar-refractivity contribution in [2.45, 2.75) is 33.4 Å². The highest BCUT2D eigenvalue weighted by Crippen LogP contribution is 2.29. The lowest BCUT2D eigenvalue weighted by Gasteiger charge is -2.10. The van der Waals surface area contributed by atoms with Gasteiger partial charge < -0.3 is 10.1 Å². The minimum absolute atomic E-state index is 0.722. The second-order valence-electron chi connectivity index (χ2n) is 4.58. The van der Waals surface area contributed by atoms with Crippen LogP contribution in [-0.4, -0.2) is 16.9 Å². The molecule has 2 aromatic rings. The van der Waals surface area contributed by atoms with Gasteiger partial charge >= 0.3 is 0 Å². The Morgan fingerprint density at radius 2 is 2.05 bits per heavy atom. The number of ether oxygens (including phenoxy) is 1. The molecule has 1 N–H and O–H groups in total. The van der Waals surface area contributed by atoms with Crippen LogP contribution in [0.1, 0.15) is 25.2 Å². The summed E-state index contributed by atoms with van der Waals surface area (Å²) in [5.74, 6) is 0.827. The van der Waals surface area contributed by atoms with Crippen LogP contribution < -0.4 is 10.1 Å². The zero-order valence-corrected chi connectivity index (χ0v) is 15.6. The molecule has 0 aliphatic carbocycles. The number of aromatic nitrogens is 2. The Bertz CT molecular complexity index is 626. The highest BCUT2D eigenvalue weighted by molar-refractivity contribution is 9.10. The monoisotopic (exact) mass is 415 g/mol. The molecular weight excluding hydrogens is 398 g/mol. The molecule has 0 unspecified atom stereocenters. The molecule has 0 saturated carbocycles. The zero-order chi connectivity index (χ0) is 15.4. The second kappa shape index (κ2) is 7.31. The highest BCUT2D eigenvalue weighted by atomic mass is 79.9. The molecule has 2 rings (SSSR count). The topological polar surface area (TPSA) is 39.1 Å². The summed E-state index contributed by atoms with van der Waals surface area (Å²) in [5, 5.41) is 8.03. The third-order valence-corrected chi connectivity index (χ3v) is 4.84. The summed E-state index contributed by atoms with van der Waals surface area (Å²) in [6.45, 7) is 5.80. The molecule has 0 fully saturated rings. The van der Waals surface area contributed by atoms with E-state index in [2.05, 4.69) is 56.1 Å². The van der Waals surface area contributed by atoms with Crippen LogP contribution in [0.4, 0.5) is 5.69 Å². The maximum Gasteiger partial charge on any atom is 0.133 e. The van der Waals surface area contributed by atoms with Crippen LogP contribution >= 0.6 is 31.9 Å². The number of hydrogen-bond acceptors (Lipinski definition) is 3. The summed E-state index contributed by atoms with van der Waals surface area (Å²) < 4.78 is 9.32. The van der Waals surface area contributed by atoms with Crippen LogP contribution in [0.5, 0.6) is 5.75 Å². The van der Waals surface area contributed by atoms with E-state index in [9.17, 15) is 0 Å². The van der Waals surface area contributed by atoms with Gasteiger partial charge in [-0.1, -0.05) is 6.92 Å². The number of nitrogens with one attached hydrogen (secondary N) is 1. The predicted molar refractivity (Wildman–Crippen MR) is 93.0 cm³/mol. The first-order valence-corrected chi connectivity index (χ1v) is 8.50. The van der Waals surface area contributed by atoms with Gasteiger partial charge in [0.05, 0.1) is 34.0 Å². The number of benzene rings is 1. The molecule has 0 atom stereocenters. The van der Waals surface area contributed by atoms with Crippen LogP contribution in [0, 0.1) is 0 Å². The summed E-state index contributed by atoms with van der Waals surface area (Å²) in [6.07, 6.45) is 0.925. The van der Waals surface area contributed by atoms with E-state index >= 15 is 0 Å². The van der Waals surface area contributed by atoms with E-state index in [-0.39, 0.29) is 0 Å². The van der Waals surface area contributed by atoms with Crippen molar-refractivity contribution in [1.82, 2.24) is 9.78 Å². The first kappa shape index (κ1) is 16.4. The average Bonchev–Trinajstić information content (AvgIpc) is 2.80. The number of nitrogens with zero attached hydrogens (tertiary/aromatic N) is 2. The van der Waals surface area contributed by atoms with E-state index in [1.54, 1.807) is 7.11 Å². The number of halogens is 2. The summed E-state index contributed by atoms with van der Waals surface area (Å²) in [4.78, 5) is 0. The van der Waals surface area contributed by atoms with Crippen LogP contribution in [0.2, 0.25) is 0 Å². The lowest BCUT2D eigenvalue weighted by atomic mass is 10.2. The van der Waals surface area contributed by atoms with E-state index in [1.807, 2.05) is 22.9 Å².